The number of carbonyl (C=O) groups excluding carboxylic acids is 1. The molecule has 10 nitrogen and oxygen atoms in total. The number of carboxylic acids is 1. The van der Waals surface area contributed by atoms with Crippen LogP contribution in [0.4, 0.5) is 10.5 Å². The monoisotopic (exact) mass is 518 g/mol. The number of amides is 2. The fourth-order valence-corrected chi connectivity index (χ4v) is 6.75. The Morgan fingerprint density at radius 1 is 1.21 bits per heavy atom. The predicted molar refractivity (Wildman–Crippen MR) is 142 cm³/mol. The number of aryl methyl sites for hydroxylation is 1. The van der Waals surface area contributed by atoms with Gasteiger partial charge in [-0.2, -0.15) is 0 Å². The first-order valence-corrected chi connectivity index (χ1v) is 13.4. The number of hydrogen-bond acceptors (Lipinski definition) is 6. The number of urea groups is 1. The van der Waals surface area contributed by atoms with Gasteiger partial charge in [-0.05, 0) is 94.2 Å². The normalized spacial score (nSPS) is 28.9. The van der Waals surface area contributed by atoms with E-state index < -0.39 is 11.5 Å². The summed E-state index contributed by atoms with van der Waals surface area (Å²) in [4.78, 5) is 29.9. The molecule has 2 aromatic heterocycles. The molecule has 4 saturated heterocycles. The van der Waals surface area contributed by atoms with Crippen molar-refractivity contribution >= 4 is 23.2 Å². The number of hydrogen-bond donors (Lipinski definition) is 4. The number of anilines is 1. The van der Waals surface area contributed by atoms with Crippen molar-refractivity contribution in [3.63, 3.8) is 0 Å². The van der Waals surface area contributed by atoms with E-state index in [0.717, 1.165) is 68.1 Å². The molecule has 5 fully saturated rings. The van der Waals surface area contributed by atoms with Crippen LogP contribution in [0.5, 0.6) is 0 Å². The Labute approximate surface area is 221 Å². The van der Waals surface area contributed by atoms with Gasteiger partial charge < -0.3 is 25.7 Å². The molecule has 1 saturated carbocycles. The van der Waals surface area contributed by atoms with Crippen molar-refractivity contribution in [2.75, 3.05) is 18.5 Å². The maximum absolute atomic E-state index is 12.9. The van der Waals surface area contributed by atoms with Crippen molar-refractivity contribution in [2.24, 2.45) is 5.92 Å². The molecule has 3 aromatic rings. The molecule has 0 spiro atoms. The minimum atomic E-state index is -0.663. The number of carbonyl (C=O) groups is 2. The molecule has 8 rings (SSSR count). The lowest BCUT2D eigenvalue weighted by molar-refractivity contribution is -0.154. The Hall–Kier alpha value is -3.50. The number of fused-ring (bicyclic) bond motifs is 5. The van der Waals surface area contributed by atoms with E-state index in [9.17, 15) is 14.7 Å². The molecule has 6 heterocycles. The van der Waals surface area contributed by atoms with Gasteiger partial charge in [-0.15, -0.1) is 5.10 Å². The lowest BCUT2D eigenvalue weighted by Gasteiger charge is -2.61. The number of piperidine rings is 3. The minimum Gasteiger partial charge on any atom is -0.480 e. The Kier molecular flexibility index (Phi) is 6.11. The molecule has 2 atom stereocenters. The van der Waals surface area contributed by atoms with Gasteiger partial charge >= 0.3 is 12.0 Å². The Balaban J connectivity index is 0.000000221. The van der Waals surface area contributed by atoms with Gasteiger partial charge in [0.1, 0.15) is 5.54 Å². The van der Waals surface area contributed by atoms with Crippen molar-refractivity contribution in [3.8, 4) is 11.4 Å². The number of benzene rings is 1. The van der Waals surface area contributed by atoms with Crippen LogP contribution in [0, 0.1) is 12.8 Å². The highest BCUT2D eigenvalue weighted by Gasteiger charge is 2.56. The summed E-state index contributed by atoms with van der Waals surface area (Å²) >= 11 is 0. The summed E-state index contributed by atoms with van der Waals surface area (Å²) in [7, 11) is 0. The maximum atomic E-state index is 12.9. The number of rotatable bonds is 4. The topological polar surface area (TPSA) is 132 Å². The van der Waals surface area contributed by atoms with E-state index in [2.05, 4.69) is 20.7 Å². The third-order valence-corrected chi connectivity index (χ3v) is 8.89. The van der Waals surface area contributed by atoms with Crippen LogP contribution in [0.2, 0.25) is 0 Å². The van der Waals surface area contributed by atoms with Crippen LogP contribution in [-0.4, -0.2) is 72.0 Å². The molecule has 4 N–H and O–H groups in total. The molecule has 1 aromatic carbocycles. The van der Waals surface area contributed by atoms with Crippen molar-refractivity contribution in [1.82, 2.24) is 24.8 Å². The molecule has 0 radical (unpaired) electrons. The molecular weight excluding hydrogens is 484 g/mol. The largest absolute Gasteiger partial charge is 0.480 e. The number of aliphatic hydroxyl groups is 1. The molecule has 2 unspecified atom stereocenters. The van der Waals surface area contributed by atoms with E-state index in [1.807, 2.05) is 48.4 Å². The van der Waals surface area contributed by atoms with Crippen LogP contribution in [0.3, 0.4) is 0 Å². The van der Waals surface area contributed by atoms with Gasteiger partial charge in [-0.1, -0.05) is 6.07 Å². The highest BCUT2D eigenvalue weighted by atomic mass is 16.4. The second-order valence-electron chi connectivity index (χ2n) is 11.3. The third-order valence-electron chi connectivity index (χ3n) is 8.89. The fraction of sp³-hybridized carbons (Fsp3) is 0.500. The number of nitrogens with one attached hydrogen (secondary N) is 2. The third kappa shape index (κ3) is 4.12. The average Bonchev–Trinajstić information content (AvgIpc) is 3.38. The molecule has 200 valence electrons. The highest BCUT2D eigenvalue weighted by molar-refractivity contribution is 5.92. The summed E-state index contributed by atoms with van der Waals surface area (Å²) in [6.07, 6.45) is 10.4. The standard InChI is InChI=1S/C21H23N5O2.C7H11NO2/c1-14-6-7-15(10-18(14)19-22-12-17-5-3-9-25(17)24-19)23-20(28)26-16-4-2-8-21(26,11-16)13-27;9-6(10)7-3-5(4-7)1-2-8-7/h3,5-7,9-10,12,16,27H,2,4,8,11,13H2,1H3,(H,23,28);5,8H,1-4H2,(H,9,10). The van der Waals surface area contributed by atoms with E-state index in [1.54, 1.807) is 10.7 Å². The summed E-state index contributed by atoms with van der Waals surface area (Å²) in [6.45, 7) is 2.92. The molecule has 5 aliphatic rings. The average molecular weight is 519 g/mol. The fourth-order valence-electron chi connectivity index (χ4n) is 6.75. The predicted octanol–water partition coefficient (Wildman–Crippen LogP) is 3.44. The first kappa shape index (κ1) is 24.8. The van der Waals surface area contributed by atoms with Gasteiger partial charge in [0.25, 0.3) is 0 Å². The van der Waals surface area contributed by atoms with Crippen LogP contribution in [0.25, 0.3) is 16.9 Å². The second-order valence-corrected chi connectivity index (χ2v) is 11.3. The smallest absolute Gasteiger partial charge is 0.323 e. The molecule has 2 amide bonds. The zero-order valence-electron chi connectivity index (χ0n) is 21.6. The van der Waals surface area contributed by atoms with Crippen LogP contribution >= 0.6 is 0 Å². The molecule has 4 aliphatic heterocycles. The molecule has 38 heavy (non-hydrogen) atoms. The number of aliphatic hydroxyl groups excluding tert-OH is 1. The van der Waals surface area contributed by atoms with Crippen molar-refractivity contribution in [2.45, 2.75) is 69.0 Å². The van der Waals surface area contributed by atoms with Crippen molar-refractivity contribution in [3.05, 3.63) is 48.3 Å². The first-order valence-electron chi connectivity index (χ1n) is 13.4. The molecule has 1 aliphatic carbocycles. The van der Waals surface area contributed by atoms with Crippen molar-refractivity contribution in [1.29, 1.82) is 0 Å². The van der Waals surface area contributed by atoms with Gasteiger partial charge in [-0.3, -0.25) is 4.79 Å². The molecule has 4 bridgehead atoms. The highest BCUT2D eigenvalue weighted by Crippen LogP contribution is 2.47. The summed E-state index contributed by atoms with van der Waals surface area (Å²) < 4.78 is 1.79. The lowest BCUT2D eigenvalue weighted by atomic mass is 9.64. The van der Waals surface area contributed by atoms with Crippen LogP contribution < -0.4 is 10.6 Å². The van der Waals surface area contributed by atoms with Gasteiger partial charge in [-0.25, -0.2) is 14.3 Å². The first-order chi connectivity index (χ1) is 18.3. The number of nitrogens with zero attached hydrogens (tertiary/aromatic N) is 4. The van der Waals surface area contributed by atoms with Gasteiger partial charge in [0.05, 0.1) is 23.9 Å². The van der Waals surface area contributed by atoms with Gasteiger partial charge in [0.2, 0.25) is 0 Å². The lowest BCUT2D eigenvalue weighted by Crippen LogP contribution is -2.72. The molecule has 10 heteroatoms. The second kappa shape index (κ2) is 9.36. The number of carboxylic acid groups (broad SMARTS) is 1. The van der Waals surface area contributed by atoms with E-state index in [0.29, 0.717) is 17.4 Å². The summed E-state index contributed by atoms with van der Waals surface area (Å²) in [5.74, 6) is 0.644. The summed E-state index contributed by atoms with van der Waals surface area (Å²) in [6, 6.07) is 9.76. The minimum absolute atomic E-state index is 0.0286. The SMILES string of the molecule is Cc1ccc(NC(=O)N2C3CCCC2(CO)C3)cc1-c1ncc2cccn2n1.O=C(O)C12CC(CCN1)C2. The summed E-state index contributed by atoms with van der Waals surface area (Å²) in [5, 5.41) is 29.2. The maximum Gasteiger partial charge on any atom is 0.323 e. The molecular formula is C28H34N6O4. The zero-order chi connectivity index (χ0) is 26.5. The van der Waals surface area contributed by atoms with E-state index in [-0.39, 0.29) is 24.2 Å². The Morgan fingerprint density at radius 2 is 2.05 bits per heavy atom. The summed E-state index contributed by atoms with van der Waals surface area (Å²) in [5.41, 5.74) is 2.68. The van der Waals surface area contributed by atoms with Gasteiger partial charge in [0.15, 0.2) is 5.82 Å². The van der Waals surface area contributed by atoms with Crippen molar-refractivity contribution < 1.29 is 19.8 Å². The van der Waals surface area contributed by atoms with Crippen LogP contribution in [-0.2, 0) is 4.79 Å². The number of aliphatic carboxylic acids is 1. The zero-order valence-corrected chi connectivity index (χ0v) is 21.6. The number of aromatic nitrogens is 3. The quantitative estimate of drug-likeness (QED) is 0.416. The van der Waals surface area contributed by atoms with Crippen LogP contribution in [0.1, 0.15) is 50.5 Å². The Morgan fingerprint density at radius 3 is 2.74 bits per heavy atom. The Bertz CT molecular complexity index is 1370. The van der Waals surface area contributed by atoms with E-state index in [1.165, 1.54) is 0 Å². The van der Waals surface area contributed by atoms with Gasteiger partial charge in [0, 0.05) is 23.5 Å². The van der Waals surface area contributed by atoms with Crippen LogP contribution in [0.15, 0.2) is 42.7 Å². The van der Waals surface area contributed by atoms with E-state index in [4.69, 9.17) is 5.11 Å². The van der Waals surface area contributed by atoms with E-state index >= 15 is 0 Å².